The number of aromatic nitrogens is 4. The summed E-state index contributed by atoms with van der Waals surface area (Å²) in [5.41, 5.74) is 1.59. The van der Waals surface area contributed by atoms with E-state index in [1.807, 2.05) is 24.3 Å². The maximum absolute atomic E-state index is 12.7. The van der Waals surface area contributed by atoms with Crippen molar-refractivity contribution in [3.8, 4) is 5.69 Å². The van der Waals surface area contributed by atoms with Crippen molar-refractivity contribution in [2.45, 2.75) is 32.1 Å². The Labute approximate surface area is 165 Å². The van der Waals surface area contributed by atoms with E-state index in [-0.39, 0.29) is 11.3 Å². The number of ether oxygens (including phenoxy) is 1. The topological polar surface area (TPSA) is 85.2 Å². The Morgan fingerprint density at radius 1 is 1.11 bits per heavy atom. The minimum atomic E-state index is -0.0345. The van der Waals surface area contributed by atoms with E-state index in [1.165, 1.54) is 38.7 Å². The van der Waals surface area contributed by atoms with Crippen molar-refractivity contribution in [3.05, 3.63) is 36.2 Å². The molecule has 0 aliphatic carbocycles. The summed E-state index contributed by atoms with van der Waals surface area (Å²) in [6.45, 7) is 5.66. The average molecular weight is 384 g/mol. The smallest absolute Gasteiger partial charge is 0.251 e. The zero-order valence-electron chi connectivity index (χ0n) is 16.2. The number of tetrazole rings is 1. The van der Waals surface area contributed by atoms with Crippen LogP contribution in [-0.4, -0.2) is 70.4 Å². The average Bonchev–Trinajstić information content (AvgIpc) is 3.29. The molecule has 0 radical (unpaired) electrons. The first-order valence-electron chi connectivity index (χ1n) is 10.2. The van der Waals surface area contributed by atoms with Crippen LogP contribution in [-0.2, 0) is 4.74 Å². The molecule has 2 aliphatic rings. The summed E-state index contributed by atoms with van der Waals surface area (Å²) < 4.78 is 7.17. The van der Waals surface area contributed by atoms with Crippen LogP contribution >= 0.6 is 0 Å². The number of carbonyl (C=O) groups excluding carboxylic acids is 1. The van der Waals surface area contributed by atoms with Crippen molar-refractivity contribution < 1.29 is 9.53 Å². The number of hydrogen-bond acceptors (Lipinski definition) is 6. The lowest BCUT2D eigenvalue weighted by atomic mass is 9.79. The molecule has 150 valence electrons. The molecule has 2 aliphatic heterocycles. The normalized spacial score (nSPS) is 20.0. The van der Waals surface area contributed by atoms with Gasteiger partial charge in [-0.15, -0.1) is 5.10 Å². The van der Waals surface area contributed by atoms with Crippen LogP contribution in [0.5, 0.6) is 0 Å². The second-order valence-electron chi connectivity index (χ2n) is 7.93. The molecule has 1 amide bonds. The van der Waals surface area contributed by atoms with Crippen molar-refractivity contribution in [1.82, 2.24) is 30.4 Å². The lowest BCUT2D eigenvalue weighted by molar-refractivity contribution is -0.00671. The minimum absolute atomic E-state index is 0.0345. The number of carbonyl (C=O) groups is 1. The van der Waals surface area contributed by atoms with Gasteiger partial charge in [-0.25, -0.2) is 4.68 Å². The molecule has 8 nitrogen and oxygen atoms in total. The van der Waals surface area contributed by atoms with Crippen LogP contribution in [0.1, 0.15) is 42.5 Å². The van der Waals surface area contributed by atoms with Gasteiger partial charge in [0.2, 0.25) is 0 Å². The first-order valence-corrected chi connectivity index (χ1v) is 10.2. The fourth-order valence-electron chi connectivity index (χ4n) is 4.20. The van der Waals surface area contributed by atoms with Crippen LogP contribution in [0, 0.1) is 5.41 Å². The third kappa shape index (κ3) is 4.56. The summed E-state index contributed by atoms with van der Waals surface area (Å²) in [5, 5.41) is 14.3. The summed E-state index contributed by atoms with van der Waals surface area (Å²) in [7, 11) is 0. The van der Waals surface area contributed by atoms with E-state index in [4.69, 9.17) is 4.74 Å². The van der Waals surface area contributed by atoms with Gasteiger partial charge in [-0.05, 0) is 73.5 Å². The van der Waals surface area contributed by atoms with Gasteiger partial charge in [-0.1, -0.05) is 6.42 Å². The second-order valence-corrected chi connectivity index (χ2v) is 7.93. The number of hydrogen-bond donors (Lipinski definition) is 1. The molecule has 4 rings (SSSR count). The molecule has 2 saturated heterocycles. The van der Waals surface area contributed by atoms with E-state index in [0.29, 0.717) is 12.1 Å². The van der Waals surface area contributed by atoms with E-state index in [9.17, 15) is 4.79 Å². The van der Waals surface area contributed by atoms with E-state index in [1.54, 1.807) is 4.68 Å². The zero-order valence-corrected chi connectivity index (χ0v) is 16.2. The molecule has 28 heavy (non-hydrogen) atoms. The molecular weight excluding hydrogens is 356 g/mol. The molecule has 1 N–H and O–H groups in total. The van der Waals surface area contributed by atoms with Crippen LogP contribution in [0.15, 0.2) is 30.6 Å². The zero-order chi connectivity index (χ0) is 19.2. The predicted octanol–water partition coefficient (Wildman–Crippen LogP) is 1.67. The third-order valence-electron chi connectivity index (χ3n) is 5.93. The molecule has 0 atom stereocenters. The standard InChI is InChI=1S/C20H28N6O2/c27-19(17-4-6-18(7-5-17)26-16-22-23-24-26)21-14-20(8-12-28-13-9-20)15-25-10-2-1-3-11-25/h4-7,16H,1-3,8-15H2,(H,21,27). The summed E-state index contributed by atoms with van der Waals surface area (Å²) in [6.07, 6.45) is 7.44. The fourth-order valence-corrected chi connectivity index (χ4v) is 4.20. The van der Waals surface area contributed by atoms with Crippen molar-refractivity contribution in [2.75, 3.05) is 39.4 Å². The SMILES string of the molecule is O=C(NCC1(CN2CCCCC2)CCOCC1)c1ccc(-n2cnnn2)cc1. The van der Waals surface area contributed by atoms with Crippen LogP contribution in [0.25, 0.3) is 5.69 Å². The van der Waals surface area contributed by atoms with Gasteiger partial charge in [0.1, 0.15) is 6.33 Å². The van der Waals surface area contributed by atoms with Gasteiger partial charge in [0.05, 0.1) is 5.69 Å². The number of amides is 1. The maximum Gasteiger partial charge on any atom is 0.251 e. The first kappa shape index (κ1) is 19.0. The molecule has 1 aromatic carbocycles. The highest BCUT2D eigenvalue weighted by atomic mass is 16.5. The lowest BCUT2D eigenvalue weighted by Gasteiger charge is -2.42. The molecule has 3 heterocycles. The molecule has 0 saturated carbocycles. The number of rotatable bonds is 6. The Balaban J connectivity index is 1.38. The Morgan fingerprint density at radius 3 is 2.54 bits per heavy atom. The Kier molecular flexibility index (Phi) is 5.97. The summed E-state index contributed by atoms with van der Waals surface area (Å²) in [5.74, 6) is -0.0345. The lowest BCUT2D eigenvalue weighted by Crippen LogP contribution is -2.49. The van der Waals surface area contributed by atoms with E-state index in [2.05, 4.69) is 25.7 Å². The number of piperidine rings is 1. The molecule has 0 spiro atoms. The van der Waals surface area contributed by atoms with Crippen LogP contribution in [0.2, 0.25) is 0 Å². The number of nitrogens with one attached hydrogen (secondary N) is 1. The Bertz CT molecular complexity index is 750. The van der Waals surface area contributed by atoms with Crippen molar-refractivity contribution in [2.24, 2.45) is 5.41 Å². The molecule has 2 fully saturated rings. The highest BCUT2D eigenvalue weighted by molar-refractivity contribution is 5.94. The van der Waals surface area contributed by atoms with Crippen molar-refractivity contribution in [3.63, 3.8) is 0 Å². The molecule has 1 aromatic heterocycles. The summed E-state index contributed by atoms with van der Waals surface area (Å²) in [6, 6.07) is 7.33. The van der Waals surface area contributed by atoms with Gasteiger partial charge in [0.25, 0.3) is 5.91 Å². The maximum atomic E-state index is 12.7. The van der Waals surface area contributed by atoms with Crippen LogP contribution in [0.3, 0.4) is 0 Å². The first-order chi connectivity index (χ1) is 13.7. The van der Waals surface area contributed by atoms with Gasteiger partial charge in [0, 0.05) is 37.3 Å². The summed E-state index contributed by atoms with van der Waals surface area (Å²) in [4.78, 5) is 15.3. The van der Waals surface area contributed by atoms with Gasteiger partial charge in [-0.3, -0.25) is 4.79 Å². The largest absolute Gasteiger partial charge is 0.381 e. The van der Waals surface area contributed by atoms with Crippen LogP contribution in [0.4, 0.5) is 0 Å². The highest BCUT2D eigenvalue weighted by Crippen LogP contribution is 2.32. The monoisotopic (exact) mass is 384 g/mol. The second kappa shape index (κ2) is 8.79. The number of nitrogens with zero attached hydrogens (tertiary/aromatic N) is 5. The highest BCUT2D eigenvalue weighted by Gasteiger charge is 2.35. The van der Waals surface area contributed by atoms with E-state index < -0.39 is 0 Å². The fraction of sp³-hybridized carbons (Fsp3) is 0.600. The molecule has 2 aromatic rings. The number of likely N-dealkylation sites (tertiary alicyclic amines) is 1. The van der Waals surface area contributed by atoms with Gasteiger partial charge < -0.3 is 15.0 Å². The Morgan fingerprint density at radius 2 is 1.86 bits per heavy atom. The third-order valence-corrected chi connectivity index (χ3v) is 5.93. The van der Waals surface area contributed by atoms with Gasteiger partial charge >= 0.3 is 0 Å². The Hall–Kier alpha value is -2.32. The molecule has 8 heteroatoms. The molecule has 0 unspecified atom stereocenters. The van der Waals surface area contributed by atoms with Crippen LogP contribution < -0.4 is 5.32 Å². The predicted molar refractivity (Wildman–Crippen MR) is 104 cm³/mol. The van der Waals surface area contributed by atoms with Gasteiger partial charge in [-0.2, -0.15) is 0 Å². The minimum Gasteiger partial charge on any atom is -0.381 e. The van der Waals surface area contributed by atoms with Crippen molar-refractivity contribution >= 4 is 5.91 Å². The molecule has 0 bridgehead atoms. The van der Waals surface area contributed by atoms with E-state index >= 15 is 0 Å². The quantitative estimate of drug-likeness (QED) is 0.816. The van der Waals surface area contributed by atoms with E-state index in [0.717, 1.165) is 38.3 Å². The number of benzene rings is 1. The van der Waals surface area contributed by atoms with Crippen molar-refractivity contribution in [1.29, 1.82) is 0 Å². The summed E-state index contributed by atoms with van der Waals surface area (Å²) >= 11 is 0. The molecular formula is C20H28N6O2. The van der Waals surface area contributed by atoms with Gasteiger partial charge in [0.15, 0.2) is 0 Å².